The van der Waals surface area contributed by atoms with Crippen molar-refractivity contribution in [1.29, 1.82) is 0 Å². The van der Waals surface area contributed by atoms with Gasteiger partial charge in [0.1, 0.15) is 11.6 Å². The molecule has 1 saturated heterocycles. The average Bonchev–Trinajstić information content (AvgIpc) is 3.16. The lowest BCUT2D eigenvalue weighted by Gasteiger charge is -2.15. The maximum Gasteiger partial charge on any atom is 0.307 e. The Hall–Kier alpha value is -2.99. The Morgan fingerprint density at radius 2 is 1.78 bits per heavy atom. The summed E-state index contributed by atoms with van der Waals surface area (Å²) in [6, 6.07) is 15.4. The lowest BCUT2D eigenvalue weighted by molar-refractivity contribution is -0.136. The molecule has 1 fully saturated rings. The summed E-state index contributed by atoms with van der Waals surface area (Å²) in [4.78, 5) is 22.7. The smallest absolute Gasteiger partial charge is 0.307 e. The van der Waals surface area contributed by atoms with Crippen LogP contribution in [0.15, 0.2) is 48.5 Å². The largest absolute Gasteiger partial charge is 0.481 e. The lowest BCUT2D eigenvalue weighted by atomic mass is 10.1. The van der Waals surface area contributed by atoms with Gasteiger partial charge in [0.25, 0.3) is 0 Å². The second-order valence-corrected chi connectivity index (χ2v) is 6.88. The second kappa shape index (κ2) is 7.72. The molecule has 2 heterocycles. The van der Waals surface area contributed by atoms with E-state index in [-0.39, 0.29) is 6.42 Å². The molecule has 0 atom stereocenters. The predicted molar refractivity (Wildman–Crippen MR) is 105 cm³/mol. The summed E-state index contributed by atoms with van der Waals surface area (Å²) in [6.45, 7) is 2.96. The van der Waals surface area contributed by atoms with E-state index in [1.807, 2.05) is 48.5 Å². The van der Waals surface area contributed by atoms with Gasteiger partial charge in [-0.1, -0.05) is 24.3 Å². The lowest BCUT2D eigenvalue weighted by Crippen LogP contribution is -2.20. The molecule has 0 amide bonds. The Balaban J connectivity index is 1.62. The molecule has 0 radical (unpaired) electrons. The van der Waals surface area contributed by atoms with Gasteiger partial charge >= 0.3 is 5.97 Å². The fraction of sp³-hybridized carbons (Fsp3) is 0.286. The molecule has 6 heteroatoms. The summed E-state index contributed by atoms with van der Waals surface area (Å²) in [5, 5.41) is 13.2. The van der Waals surface area contributed by atoms with Gasteiger partial charge in [-0.2, -0.15) is 0 Å². The SMILES string of the molecule is O=C(O)Cc1ccc(Nc2nc(CN3CCCC3)nc3ccccc23)cc1. The molecule has 2 N–H and O–H groups in total. The molecule has 0 unspecified atom stereocenters. The monoisotopic (exact) mass is 362 g/mol. The zero-order chi connectivity index (χ0) is 18.6. The number of carboxylic acids is 1. The number of likely N-dealkylation sites (tertiary alicyclic amines) is 1. The molecule has 0 saturated carbocycles. The standard InChI is InChI=1S/C21H22N4O2/c26-20(27)13-15-7-9-16(10-8-15)22-21-17-5-1-2-6-18(17)23-19(24-21)14-25-11-3-4-12-25/h1-2,5-10H,3-4,11-14H2,(H,26,27)(H,22,23,24). The zero-order valence-corrected chi connectivity index (χ0v) is 15.1. The van der Waals surface area contributed by atoms with Gasteiger partial charge in [0.15, 0.2) is 0 Å². The Kier molecular flexibility index (Phi) is 4.98. The summed E-state index contributed by atoms with van der Waals surface area (Å²) in [5.74, 6) is 0.769. The third-order valence-electron chi connectivity index (χ3n) is 4.79. The van der Waals surface area contributed by atoms with Crippen LogP contribution in [0.5, 0.6) is 0 Å². The molecule has 0 bridgehead atoms. The minimum Gasteiger partial charge on any atom is -0.481 e. The fourth-order valence-electron chi connectivity index (χ4n) is 3.45. The summed E-state index contributed by atoms with van der Waals surface area (Å²) < 4.78 is 0. The minimum absolute atomic E-state index is 0.0245. The van der Waals surface area contributed by atoms with Crippen molar-refractivity contribution in [2.24, 2.45) is 0 Å². The van der Waals surface area contributed by atoms with Crippen molar-refractivity contribution in [2.45, 2.75) is 25.8 Å². The Labute approximate surface area is 157 Å². The number of rotatable bonds is 6. The molecule has 1 aromatic heterocycles. The molecule has 4 rings (SSSR count). The maximum absolute atomic E-state index is 10.8. The third kappa shape index (κ3) is 4.23. The Morgan fingerprint density at radius 1 is 1.04 bits per heavy atom. The number of hydrogen-bond donors (Lipinski definition) is 2. The van der Waals surface area contributed by atoms with Crippen LogP contribution >= 0.6 is 0 Å². The maximum atomic E-state index is 10.8. The predicted octanol–water partition coefficient (Wildman–Crippen LogP) is 3.60. The Bertz CT molecular complexity index is 950. The summed E-state index contributed by atoms with van der Waals surface area (Å²) in [6.07, 6.45) is 2.50. The number of benzene rings is 2. The molecule has 1 aliphatic rings. The van der Waals surface area contributed by atoms with Gasteiger partial charge in [-0.3, -0.25) is 9.69 Å². The first-order valence-corrected chi connectivity index (χ1v) is 9.23. The molecule has 2 aromatic carbocycles. The van der Waals surface area contributed by atoms with E-state index < -0.39 is 5.97 Å². The number of carboxylic acid groups (broad SMARTS) is 1. The van der Waals surface area contributed by atoms with Gasteiger partial charge in [0, 0.05) is 11.1 Å². The van der Waals surface area contributed by atoms with E-state index in [9.17, 15) is 4.79 Å². The molecule has 0 aliphatic carbocycles. The van der Waals surface area contributed by atoms with Gasteiger partial charge in [-0.15, -0.1) is 0 Å². The van der Waals surface area contributed by atoms with Crippen LogP contribution in [0, 0.1) is 0 Å². The summed E-state index contributed by atoms with van der Waals surface area (Å²) in [5.41, 5.74) is 2.57. The minimum atomic E-state index is -0.830. The van der Waals surface area contributed by atoms with Crippen LogP contribution in [0.2, 0.25) is 0 Å². The van der Waals surface area contributed by atoms with Crippen LogP contribution < -0.4 is 5.32 Å². The van der Waals surface area contributed by atoms with E-state index >= 15 is 0 Å². The third-order valence-corrected chi connectivity index (χ3v) is 4.79. The fourth-order valence-corrected chi connectivity index (χ4v) is 3.45. The highest BCUT2D eigenvalue weighted by atomic mass is 16.4. The number of para-hydroxylation sites is 1. The van der Waals surface area contributed by atoms with Crippen LogP contribution in [-0.2, 0) is 17.8 Å². The molecule has 3 aromatic rings. The molecule has 1 aliphatic heterocycles. The normalized spacial score (nSPS) is 14.5. The quantitative estimate of drug-likeness (QED) is 0.698. The highest BCUT2D eigenvalue weighted by molar-refractivity contribution is 5.90. The van der Waals surface area contributed by atoms with Crippen molar-refractivity contribution >= 4 is 28.4 Å². The van der Waals surface area contributed by atoms with Gasteiger partial charge in [-0.25, -0.2) is 9.97 Å². The van der Waals surface area contributed by atoms with Crippen LogP contribution in [0.4, 0.5) is 11.5 Å². The molecule has 138 valence electrons. The molecule has 6 nitrogen and oxygen atoms in total. The van der Waals surface area contributed by atoms with Crippen molar-refractivity contribution in [2.75, 3.05) is 18.4 Å². The van der Waals surface area contributed by atoms with Gasteiger partial charge in [0.05, 0.1) is 18.5 Å². The van der Waals surface area contributed by atoms with E-state index in [0.29, 0.717) is 0 Å². The van der Waals surface area contributed by atoms with Crippen LogP contribution in [-0.4, -0.2) is 39.0 Å². The molecule has 27 heavy (non-hydrogen) atoms. The van der Waals surface area contributed by atoms with Crippen molar-refractivity contribution < 1.29 is 9.90 Å². The van der Waals surface area contributed by atoms with Gasteiger partial charge in [-0.05, 0) is 55.8 Å². The van der Waals surface area contributed by atoms with Gasteiger partial charge in [0.2, 0.25) is 0 Å². The van der Waals surface area contributed by atoms with Crippen LogP contribution in [0.25, 0.3) is 10.9 Å². The van der Waals surface area contributed by atoms with E-state index in [1.165, 1.54) is 12.8 Å². The number of fused-ring (bicyclic) bond motifs is 1. The summed E-state index contributed by atoms with van der Waals surface area (Å²) >= 11 is 0. The molecular weight excluding hydrogens is 340 g/mol. The number of carbonyl (C=O) groups is 1. The number of hydrogen-bond acceptors (Lipinski definition) is 5. The molecular formula is C21H22N4O2. The number of nitrogens with zero attached hydrogens (tertiary/aromatic N) is 3. The van der Waals surface area contributed by atoms with Crippen molar-refractivity contribution in [3.05, 3.63) is 59.9 Å². The van der Waals surface area contributed by atoms with E-state index in [4.69, 9.17) is 15.1 Å². The number of anilines is 2. The van der Waals surface area contributed by atoms with Crippen molar-refractivity contribution in [1.82, 2.24) is 14.9 Å². The van der Waals surface area contributed by atoms with Gasteiger partial charge < -0.3 is 10.4 Å². The van der Waals surface area contributed by atoms with E-state index in [0.717, 1.165) is 53.4 Å². The first kappa shape index (κ1) is 17.4. The average molecular weight is 362 g/mol. The first-order chi connectivity index (χ1) is 13.2. The number of aromatic nitrogens is 2. The van der Waals surface area contributed by atoms with E-state index in [1.54, 1.807) is 0 Å². The summed E-state index contributed by atoms with van der Waals surface area (Å²) in [7, 11) is 0. The second-order valence-electron chi connectivity index (χ2n) is 6.88. The molecule has 0 spiro atoms. The zero-order valence-electron chi connectivity index (χ0n) is 15.1. The van der Waals surface area contributed by atoms with Crippen molar-refractivity contribution in [3.63, 3.8) is 0 Å². The number of nitrogens with one attached hydrogen (secondary N) is 1. The number of aliphatic carboxylic acids is 1. The van der Waals surface area contributed by atoms with E-state index in [2.05, 4.69) is 10.2 Å². The topological polar surface area (TPSA) is 78.3 Å². The highest BCUT2D eigenvalue weighted by Gasteiger charge is 2.15. The first-order valence-electron chi connectivity index (χ1n) is 9.23. The van der Waals surface area contributed by atoms with Crippen LogP contribution in [0.1, 0.15) is 24.2 Å². The highest BCUT2D eigenvalue weighted by Crippen LogP contribution is 2.25. The van der Waals surface area contributed by atoms with Crippen LogP contribution in [0.3, 0.4) is 0 Å². The van der Waals surface area contributed by atoms with Crippen molar-refractivity contribution in [3.8, 4) is 0 Å². The Morgan fingerprint density at radius 3 is 2.52 bits per heavy atom.